The maximum atomic E-state index is 12.6. The average molecular weight is 399 g/mol. The lowest BCUT2D eigenvalue weighted by Gasteiger charge is -2.34. The zero-order valence-electron chi connectivity index (χ0n) is 17.1. The number of hydrogen-bond donors (Lipinski definition) is 1. The van der Waals surface area contributed by atoms with E-state index in [0.29, 0.717) is 37.7 Å². The van der Waals surface area contributed by atoms with Crippen molar-refractivity contribution in [2.75, 3.05) is 58.4 Å². The number of ether oxygens (including phenoxy) is 3. The van der Waals surface area contributed by atoms with E-state index in [-0.39, 0.29) is 6.03 Å². The summed E-state index contributed by atoms with van der Waals surface area (Å²) in [4.78, 5) is 16.7. The van der Waals surface area contributed by atoms with Gasteiger partial charge in [-0.1, -0.05) is 12.1 Å². The van der Waals surface area contributed by atoms with Crippen LogP contribution in [0, 0.1) is 0 Å². The van der Waals surface area contributed by atoms with E-state index in [1.807, 2.05) is 60.4 Å². The van der Waals surface area contributed by atoms with Crippen LogP contribution in [0.15, 0.2) is 48.5 Å². The van der Waals surface area contributed by atoms with E-state index in [1.165, 1.54) is 0 Å². The van der Waals surface area contributed by atoms with Crippen molar-refractivity contribution in [2.24, 2.45) is 0 Å². The topological polar surface area (TPSA) is 63.3 Å². The summed E-state index contributed by atoms with van der Waals surface area (Å²) in [5.74, 6) is 2.34. The molecule has 2 amide bonds. The van der Waals surface area contributed by atoms with Gasteiger partial charge in [-0.05, 0) is 43.3 Å². The Morgan fingerprint density at radius 2 is 1.66 bits per heavy atom. The quantitative estimate of drug-likeness (QED) is 0.738. The summed E-state index contributed by atoms with van der Waals surface area (Å²) in [5, 5.41) is 2.96. The number of para-hydroxylation sites is 2. The second kappa shape index (κ2) is 10.6. The van der Waals surface area contributed by atoms with Gasteiger partial charge in [-0.15, -0.1) is 0 Å². The molecule has 0 unspecified atom stereocenters. The van der Waals surface area contributed by atoms with Gasteiger partial charge in [0.05, 0.1) is 19.4 Å². The molecule has 0 atom stereocenters. The molecule has 0 aliphatic carbocycles. The van der Waals surface area contributed by atoms with Crippen molar-refractivity contribution in [1.29, 1.82) is 0 Å². The Labute approximate surface area is 172 Å². The van der Waals surface area contributed by atoms with Crippen molar-refractivity contribution in [3.8, 4) is 17.2 Å². The number of carbonyl (C=O) groups is 1. The summed E-state index contributed by atoms with van der Waals surface area (Å²) in [6.45, 7) is 6.95. The predicted molar refractivity (Wildman–Crippen MR) is 113 cm³/mol. The van der Waals surface area contributed by atoms with E-state index >= 15 is 0 Å². The number of methoxy groups -OCH3 is 1. The molecule has 0 spiro atoms. The summed E-state index contributed by atoms with van der Waals surface area (Å²) in [6, 6.07) is 15.0. The van der Waals surface area contributed by atoms with E-state index in [0.717, 1.165) is 31.1 Å². The number of urea groups is 1. The normalized spacial score (nSPS) is 14.3. The zero-order chi connectivity index (χ0) is 20.5. The second-order valence-electron chi connectivity index (χ2n) is 6.71. The van der Waals surface area contributed by atoms with Gasteiger partial charge < -0.3 is 24.4 Å². The van der Waals surface area contributed by atoms with Crippen LogP contribution in [0.5, 0.6) is 17.2 Å². The number of hydrogen-bond acceptors (Lipinski definition) is 5. The highest BCUT2D eigenvalue weighted by molar-refractivity contribution is 5.91. The molecule has 0 bridgehead atoms. The SMILES string of the molecule is CCOc1ccccc1NC(=O)N1CCN(CCOc2ccc(OC)cc2)CC1. The minimum Gasteiger partial charge on any atom is -0.497 e. The lowest BCUT2D eigenvalue weighted by Crippen LogP contribution is -2.50. The second-order valence-corrected chi connectivity index (χ2v) is 6.71. The molecule has 29 heavy (non-hydrogen) atoms. The Morgan fingerprint density at radius 1 is 0.966 bits per heavy atom. The highest BCUT2D eigenvalue weighted by Gasteiger charge is 2.21. The number of benzene rings is 2. The first-order valence-electron chi connectivity index (χ1n) is 9.96. The summed E-state index contributed by atoms with van der Waals surface area (Å²) >= 11 is 0. The Bertz CT molecular complexity index is 774. The molecule has 0 radical (unpaired) electrons. The van der Waals surface area contributed by atoms with Crippen LogP contribution in [0.1, 0.15) is 6.92 Å². The van der Waals surface area contributed by atoms with Gasteiger partial charge in [0.1, 0.15) is 23.9 Å². The van der Waals surface area contributed by atoms with Crippen LogP contribution in [0.2, 0.25) is 0 Å². The van der Waals surface area contributed by atoms with Crippen molar-refractivity contribution in [2.45, 2.75) is 6.92 Å². The Morgan fingerprint density at radius 3 is 2.34 bits per heavy atom. The molecule has 2 aromatic carbocycles. The summed E-state index contributed by atoms with van der Waals surface area (Å²) in [7, 11) is 1.65. The fourth-order valence-electron chi connectivity index (χ4n) is 3.18. The highest BCUT2D eigenvalue weighted by Crippen LogP contribution is 2.24. The van der Waals surface area contributed by atoms with Crippen LogP contribution in [-0.2, 0) is 0 Å². The molecule has 1 N–H and O–H groups in total. The van der Waals surface area contributed by atoms with Gasteiger partial charge >= 0.3 is 6.03 Å². The number of rotatable bonds is 8. The van der Waals surface area contributed by atoms with Gasteiger partial charge in [0.25, 0.3) is 0 Å². The van der Waals surface area contributed by atoms with Crippen molar-refractivity contribution in [1.82, 2.24) is 9.80 Å². The van der Waals surface area contributed by atoms with Crippen molar-refractivity contribution in [3.63, 3.8) is 0 Å². The molecular weight excluding hydrogens is 370 g/mol. The molecule has 1 aliphatic heterocycles. The number of carbonyl (C=O) groups excluding carboxylic acids is 1. The molecule has 1 fully saturated rings. The third-order valence-corrected chi connectivity index (χ3v) is 4.82. The third kappa shape index (κ3) is 6.02. The molecule has 7 heteroatoms. The maximum absolute atomic E-state index is 12.6. The van der Waals surface area contributed by atoms with Gasteiger partial charge in [0.2, 0.25) is 0 Å². The first-order valence-corrected chi connectivity index (χ1v) is 9.96. The van der Waals surface area contributed by atoms with Crippen molar-refractivity contribution < 1.29 is 19.0 Å². The summed E-state index contributed by atoms with van der Waals surface area (Å²) < 4.78 is 16.5. The Hall–Kier alpha value is -2.93. The first-order chi connectivity index (χ1) is 14.2. The van der Waals surface area contributed by atoms with Crippen LogP contribution in [0.3, 0.4) is 0 Å². The van der Waals surface area contributed by atoms with E-state index in [2.05, 4.69) is 10.2 Å². The molecule has 0 aromatic heterocycles. The van der Waals surface area contributed by atoms with Gasteiger partial charge in [-0.3, -0.25) is 4.90 Å². The van der Waals surface area contributed by atoms with Crippen molar-refractivity contribution >= 4 is 11.7 Å². The molecule has 1 saturated heterocycles. The minimum atomic E-state index is -0.0914. The minimum absolute atomic E-state index is 0.0914. The average Bonchev–Trinajstić information content (AvgIpc) is 2.76. The molecule has 1 aliphatic rings. The standard InChI is InChI=1S/C22H29N3O4/c1-3-28-21-7-5-4-6-20(21)23-22(26)25-14-12-24(13-15-25)16-17-29-19-10-8-18(27-2)9-11-19/h4-11H,3,12-17H2,1-2H3,(H,23,26). The van der Waals surface area contributed by atoms with Crippen LogP contribution >= 0.6 is 0 Å². The summed E-state index contributed by atoms with van der Waals surface area (Å²) in [5.41, 5.74) is 0.703. The molecule has 2 aromatic rings. The smallest absolute Gasteiger partial charge is 0.322 e. The lowest BCUT2D eigenvalue weighted by atomic mass is 10.3. The van der Waals surface area contributed by atoms with Gasteiger partial charge in [0.15, 0.2) is 0 Å². The molecule has 0 saturated carbocycles. The van der Waals surface area contributed by atoms with E-state index < -0.39 is 0 Å². The molecule has 1 heterocycles. The third-order valence-electron chi connectivity index (χ3n) is 4.82. The van der Waals surface area contributed by atoms with Crippen LogP contribution in [0.4, 0.5) is 10.5 Å². The predicted octanol–water partition coefficient (Wildman–Crippen LogP) is 3.32. The number of nitrogens with zero attached hydrogens (tertiary/aromatic N) is 2. The number of piperazine rings is 1. The number of amides is 2. The van der Waals surface area contributed by atoms with E-state index in [4.69, 9.17) is 14.2 Å². The van der Waals surface area contributed by atoms with E-state index in [9.17, 15) is 4.79 Å². The van der Waals surface area contributed by atoms with Gasteiger partial charge in [0, 0.05) is 32.7 Å². The van der Waals surface area contributed by atoms with Crippen LogP contribution in [0.25, 0.3) is 0 Å². The first kappa shape index (κ1) is 20.8. The van der Waals surface area contributed by atoms with Crippen LogP contribution < -0.4 is 19.5 Å². The van der Waals surface area contributed by atoms with Gasteiger partial charge in [-0.2, -0.15) is 0 Å². The largest absolute Gasteiger partial charge is 0.497 e. The number of nitrogens with one attached hydrogen (secondary N) is 1. The van der Waals surface area contributed by atoms with E-state index in [1.54, 1.807) is 7.11 Å². The van der Waals surface area contributed by atoms with Crippen LogP contribution in [-0.4, -0.2) is 68.9 Å². The molecular formula is C22H29N3O4. The fraction of sp³-hybridized carbons (Fsp3) is 0.409. The number of anilines is 1. The molecule has 3 rings (SSSR count). The lowest BCUT2D eigenvalue weighted by molar-refractivity contribution is 0.132. The Balaban J connectivity index is 1.40. The van der Waals surface area contributed by atoms with Gasteiger partial charge in [-0.25, -0.2) is 4.79 Å². The Kier molecular flexibility index (Phi) is 7.58. The fourth-order valence-corrected chi connectivity index (χ4v) is 3.18. The molecule has 156 valence electrons. The zero-order valence-corrected chi connectivity index (χ0v) is 17.1. The van der Waals surface area contributed by atoms with Crippen molar-refractivity contribution in [3.05, 3.63) is 48.5 Å². The monoisotopic (exact) mass is 399 g/mol. The molecule has 7 nitrogen and oxygen atoms in total. The summed E-state index contributed by atoms with van der Waals surface area (Å²) in [6.07, 6.45) is 0. The highest BCUT2D eigenvalue weighted by atomic mass is 16.5. The maximum Gasteiger partial charge on any atom is 0.322 e.